The molecule has 1 aliphatic rings. The van der Waals surface area contributed by atoms with Crippen molar-refractivity contribution in [2.45, 2.75) is 32.1 Å². The Morgan fingerprint density at radius 1 is 1.25 bits per heavy atom. The highest BCUT2D eigenvalue weighted by molar-refractivity contribution is 5.85. The topological polar surface area (TPSA) is 66.4 Å². The molecule has 0 radical (unpaired) electrons. The molecule has 4 heteroatoms. The minimum atomic E-state index is -0.848. The Labute approximate surface area is 119 Å². The molecule has 1 fully saturated rings. The molecule has 4 nitrogen and oxygen atoms in total. The molecular formula is C16H21NO3. The van der Waals surface area contributed by atoms with Crippen molar-refractivity contribution in [3.8, 4) is 0 Å². The first-order valence-corrected chi connectivity index (χ1v) is 7.15. The summed E-state index contributed by atoms with van der Waals surface area (Å²) in [4.78, 5) is 23.2. The maximum atomic E-state index is 12.1. The summed E-state index contributed by atoms with van der Waals surface area (Å²) in [7, 11) is 0. The van der Waals surface area contributed by atoms with Crippen LogP contribution in [0.1, 0.15) is 37.7 Å². The molecule has 3 atom stereocenters. The minimum absolute atomic E-state index is 0.113. The number of carboxylic acids is 1. The number of hydrogen-bond donors (Lipinski definition) is 2. The number of carbonyl (C=O) groups is 2. The number of benzene rings is 1. The molecule has 1 amide bonds. The van der Waals surface area contributed by atoms with Gasteiger partial charge in [-0.2, -0.15) is 0 Å². The van der Waals surface area contributed by atoms with Gasteiger partial charge in [0, 0.05) is 6.54 Å². The number of aliphatic carboxylic acids is 1. The highest BCUT2D eigenvalue weighted by atomic mass is 16.4. The quantitative estimate of drug-likeness (QED) is 0.867. The van der Waals surface area contributed by atoms with E-state index in [1.165, 1.54) is 5.56 Å². The van der Waals surface area contributed by atoms with Gasteiger partial charge in [0.25, 0.3) is 0 Å². The molecule has 3 unspecified atom stereocenters. The van der Waals surface area contributed by atoms with Gasteiger partial charge in [0.15, 0.2) is 0 Å². The number of hydrogen-bond acceptors (Lipinski definition) is 2. The molecule has 2 rings (SSSR count). The van der Waals surface area contributed by atoms with Crippen LogP contribution in [0, 0.1) is 11.8 Å². The van der Waals surface area contributed by atoms with E-state index in [2.05, 4.69) is 12.2 Å². The second-order valence-electron chi connectivity index (χ2n) is 5.54. The zero-order valence-corrected chi connectivity index (χ0v) is 11.7. The normalized spacial score (nSPS) is 23.2. The Bertz CT molecular complexity index is 472. The van der Waals surface area contributed by atoms with Crippen molar-refractivity contribution in [3.05, 3.63) is 35.9 Å². The fourth-order valence-electron chi connectivity index (χ4n) is 2.85. The van der Waals surface area contributed by atoms with Crippen LogP contribution in [0.3, 0.4) is 0 Å². The van der Waals surface area contributed by atoms with Gasteiger partial charge < -0.3 is 10.4 Å². The third kappa shape index (κ3) is 3.38. The lowest BCUT2D eigenvalue weighted by Crippen LogP contribution is -2.37. The monoisotopic (exact) mass is 275 g/mol. The maximum absolute atomic E-state index is 12.1. The van der Waals surface area contributed by atoms with Gasteiger partial charge in [0.05, 0.1) is 11.8 Å². The second kappa shape index (κ2) is 6.55. The highest BCUT2D eigenvalue weighted by Crippen LogP contribution is 2.32. The number of carboxylic acid groups (broad SMARTS) is 1. The zero-order chi connectivity index (χ0) is 14.5. The van der Waals surface area contributed by atoms with E-state index in [1.54, 1.807) is 0 Å². The first-order valence-electron chi connectivity index (χ1n) is 7.15. The molecule has 2 N–H and O–H groups in total. The fraction of sp³-hybridized carbons (Fsp3) is 0.500. The highest BCUT2D eigenvalue weighted by Gasteiger charge is 2.37. The number of nitrogens with one attached hydrogen (secondary N) is 1. The van der Waals surface area contributed by atoms with Gasteiger partial charge in [-0.3, -0.25) is 9.59 Å². The lowest BCUT2D eigenvalue weighted by Gasteiger charge is -2.18. The lowest BCUT2D eigenvalue weighted by molar-refractivity contribution is -0.146. The summed E-state index contributed by atoms with van der Waals surface area (Å²) >= 11 is 0. The standard InChI is InChI=1S/C16H21NO3/c1-11(12-6-3-2-4-7-12)10-17-15(18)13-8-5-9-14(13)16(19)20/h2-4,6-7,11,13-14H,5,8-10H2,1H3,(H,17,18)(H,19,20). The largest absolute Gasteiger partial charge is 0.481 e. The summed E-state index contributed by atoms with van der Waals surface area (Å²) in [6, 6.07) is 9.99. The van der Waals surface area contributed by atoms with Crippen molar-refractivity contribution in [2.75, 3.05) is 6.54 Å². The molecule has 1 aromatic rings. The van der Waals surface area contributed by atoms with Gasteiger partial charge >= 0.3 is 5.97 Å². The molecule has 0 bridgehead atoms. The zero-order valence-electron chi connectivity index (χ0n) is 11.7. The number of rotatable bonds is 5. The molecule has 0 aromatic heterocycles. The predicted octanol–water partition coefficient (Wildman–Crippen LogP) is 2.41. The van der Waals surface area contributed by atoms with E-state index < -0.39 is 11.9 Å². The van der Waals surface area contributed by atoms with Crippen LogP contribution in [0.15, 0.2) is 30.3 Å². The van der Waals surface area contributed by atoms with Crippen LogP contribution in [0.4, 0.5) is 0 Å². The molecular weight excluding hydrogens is 254 g/mol. The van der Waals surface area contributed by atoms with E-state index in [9.17, 15) is 9.59 Å². The molecule has 108 valence electrons. The van der Waals surface area contributed by atoms with Gasteiger partial charge in [-0.25, -0.2) is 0 Å². The van der Waals surface area contributed by atoms with Gasteiger partial charge in [0.2, 0.25) is 5.91 Å². The molecule has 1 aliphatic carbocycles. The third-order valence-electron chi connectivity index (χ3n) is 4.12. The molecule has 1 saturated carbocycles. The van der Waals surface area contributed by atoms with Crippen LogP contribution in [0.25, 0.3) is 0 Å². The van der Waals surface area contributed by atoms with Crippen LogP contribution in [-0.2, 0) is 9.59 Å². The van der Waals surface area contributed by atoms with Crippen LogP contribution >= 0.6 is 0 Å². The van der Waals surface area contributed by atoms with Crippen molar-refractivity contribution in [3.63, 3.8) is 0 Å². The van der Waals surface area contributed by atoms with E-state index in [4.69, 9.17) is 5.11 Å². The average molecular weight is 275 g/mol. The van der Waals surface area contributed by atoms with Crippen molar-refractivity contribution < 1.29 is 14.7 Å². The average Bonchev–Trinajstić information content (AvgIpc) is 2.95. The van der Waals surface area contributed by atoms with E-state index in [0.29, 0.717) is 19.4 Å². The van der Waals surface area contributed by atoms with Crippen molar-refractivity contribution in [1.82, 2.24) is 5.32 Å². The number of amides is 1. The lowest BCUT2D eigenvalue weighted by atomic mass is 9.94. The minimum Gasteiger partial charge on any atom is -0.481 e. The van der Waals surface area contributed by atoms with Crippen LogP contribution in [0.2, 0.25) is 0 Å². The summed E-state index contributed by atoms with van der Waals surface area (Å²) < 4.78 is 0. The molecule has 20 heavy (non-hydrogen) atoms. The third-order valence-corrected chi connectivity index (χ3v) is 4.12. The van der Waals surface area contributed by atoms with E-state index >= 15 is 0 Å². The predicted molar refractivity (Wildman–Crippen MR) is 76.3 cm³/mol. The van der Waals surface area contributed by atoms with Crippen molar-refractivity contribution in [1.29, 1.82) is 0 Å². The van der Waals surface area contributed by atoms with Crippen molar-refractivity contribution in [2.24, 2.45) is 11.8 Å². The summed E-state index contributed by atoms with van der Waals surface area (Å²) in [5, 5.41) is 12.0. The summed E-state index contributed by atoms with van der Waals surface area (Å²) in [6.45, 7) is 2.60. The summed E-state index contributed by atoms with van der Waals surface area (Å²) in [6.07, 6.45) is 2.12. The van der Waals surface area contributed by atoms with Gasteiger partial charge in [-0.15, -0.1) is 0 Å². The Balaban J connectivity index is 1.87. The van der Waals surface area contributed by atoms with E-state index in [-0.39, 0.29) is 17.7 Å². The SMILES string of the molecule is CC(CNC(=O)C1CCCC1C(=O)O)c1ccccc1. The molecule has 0 saturated heterocycles. The van der Waals surface area contributed by atoms with Crippen LogP contribution < -0.4 is 5.32 Å². The van der Waals surface area contributed by atoms with Crippen molar-refractivity contribution >= 4 is 11.9 Å². The van der Waals surface area contributed by atoms with E-state index in [1.807, 2.05) is 30.3 Å². The Morgan fingerprint density at radius 3 is 2.55 bits per heavy atom. The smallest absolute Gasteiger partial charge is 0.307 e. The first-order chi connectivity index (χ1) is 9.59. The fourth-order valence-corrected chi connectivity index (χ4v) is 2.85. The van der Waals surface area contributed by atoms with Gasteiger partial charge in [-0.1, -0.05) is 43.7 Å². The Hall–Kier alpha value is -1.84. The molecule has 0 heterocycles. The maximum Gasteiger partial charge on any atom is 0.307 e. The van der Waals surface area contributed by atoms with E-state index in [0.717, 1.165) is 6.42 Å². The van der Waals surface area contributed by atoms with Crippen LogP contribution in [0.5, 0.6) is 0 Å². The Morgan fingerprint density at radius 2 is 1.90 bits per heavy atom. The summed E-state index contributed by atoms with van der Waals surface area (Å²) in [5.41, 5.74) is 1.18. The molecule has 0 aliphatic heterocycles. The molecule has 1 aromatic carbocycles. The van der Waals surface area contributed by atoms with Gasteiger partial charge in [-0.05, 0) is 24.3 Å². The molecule has 0 spiro atoms. The van der Waals surface area contributed by atoms with Crippen LogP contribution in [-0.4, -0.2) is 23.5 Å². The summed E-state index contributed by atoms with van der Waals surface area (Å²) in [5.74, 6) is -1.61. The number of carbonyl (C=O) groups excluding carboxylic acids is 1. The second-order valence-corrected chi connectivity index (χ2v) is 5.54. The Kier molecular flexibility index (Phi) is 4.77. The first kappa shape index (κ1) is 14.6. The van der Waals surface area contributed by atoms with Gasteiger partial charge in [0.1, 0.15) is 0 Å².